The average Bonchev–Trinajstić information content (AvgIpc) is 2.44. The first-order chi connectivity index (χ1) is 6.62. The molecule has 92 valence electrons. The number of hydrogen-bond acceptors (Lipinski definition) is 3. The third-order valence-corrected chi connectivity index (χ3v) is 2.94. The molecule has 0 amide bonds. The van der Waals surface area contributed by atoms with Crippen molar-refractivity contribution in [1.29, 1.82) is 0 Å². The molecule has 0 aliphatic heterocycles. The molecule has 0 heterocycles. The molecule has 4 N–H and O–H groups in total. The molecule has 1 fully saturated rings. The summed E-state index contributed by atoms with van der Waals surface area (Å²) < 4.78 is 0. The molecule has 3 nitrogen and oxygen atoms in total. The topological polar surface area (TPSA) is 66.5 Å². The van der Waals surface area contributed by atoms with E-state index in [1.165, 1.54) is 0 Å². The molecule has 16 heavy (non-hydrogen) atoms. The van der Waals surface area contributed by atoms with Gasteiger partial charge in [0.1, 0.15) is 0 Å². The first-order valence-electron chi connectivity index (χ1n) is 4.82. The van der Waals surface area contributed by atoms with Gasteiger partial charge >= 0.3 is 0 Å². The number of aliphatic hydroxyl groups excluding tert-OH is 2. The van der Waals surface area contributed by atoms with Gasteiger partial charge < -0.3 is 15.9 Å². The summed E-state index contributed by atoms with van der Waals surface area (Å²) in [5.74, 6) is 0. The lowest BCUT2D eigenvalue weighted by Gasteiger charge is -2.23. The SMILES string of the molecule is C.Cl.NC1(c2ccccc2)C[C@@H](O)[C@@H](O)C1. The van der Waals surface area contributed by atoms with Crippen LogP contribution in [-0.4, -0.2) is 22.4 Å². The fraction of sp³-hybridized carbons (Fsp3) is 0.500. The second kappa shape index (κ2) is 5.64. The number of nitrogens with two attached hydrogens (primary N) is 1. The summed E-state index contributed by atoms with van der Waals surface area (Å²) in [6.07, 6.45) is -0.531. The van der Waals surface area contributed by atoms with E-state index >= 15 is 0 Å². The van der Waals surface area contributed by atoms with E-state index in [2.05, 4.69) is 0 Å². The van der Waals surface area contributed by atoms with Crippen LogP contribution in [-0.2, 0) is 5.54 Å². The molecule has 0 radical (unpaired) electrons. The largest absolute Gasteiger partial charge is 0.390 e. The smallest absolute Gasteiger partial charge is 0.0820 e. The van der Waals surface area contributed by atoms with Crippen LogP contribution in [0.2, 0.25) is 0 Å². The summed E-state index contributed by atoms with van der Waals surface area (Å²) in [6.45, 7) is 0. The van der Waals surface area contributed by atoms with Gasteiger partial charge in [0.05, 0.1) is 12.2 Å². The third kappa shape index (κ3) is 2.74. The van der Waals surface area contributed by atoms with Gasteiger partial charge in [0.15, 0.2) is 0 Å². The fourth-order valence-electron chi connectivity index (χ4n) is 2.11. The quantitative estimate of drug-likeness (QED) is 0.701. The molecule has 1 aliphatic rings. The number of hydrogen-bond donors (Lipinski definition) is 3. The minimum atomic E-state index is -0.694. The molecule has 0 bridgehead atoms. The highest BCUT2D eigenvalue weighted by Crippen LogP contribution is 2.36. The Morgan fingerprint density at radius 3 is 1.94 bits per heavy atom. The van der Waals surface area contributed by atoms with Crippen LogP contribution in [0.25, 0.3) is 0 Å². The molecule has 1 unspecified atom stereocenters. The third-order valence-electron chi connectivity index (χ3n) is 2.94. The Hall–Kier alpha value is -0.610. The van der Waals surface area contributed by atoms with E-state index in [9.17, 15) is 10.2 Å². The molecule has 1 aromatic carbocycles. The van der Waals surface area contributed by atoms with Crippen molar-refractivity contribution in [3.05, 3.63) is 35.9 Å². The van der Waals surface area contributed by atoms with Gasteiger partial charge in [-0.2, -0.15) is 0 Å². The second-order valence-corrected chi connectivity index (χ2v) is 4.07. The van der Waals surface area contributed by atoms with E-state index in [-0.39, 0.29) is 19.8 Å². The highest BCUT2D eigenvalue weighted by molar-refractivity contribution is 5.85. The molecular weight excluding hydrogens is 226 g/mol. The summed E-state index contributed by atoms with van der Waals surface area (Å²) in [4.78, 5) is 0. The first-order valence-corrected chi connectivity index (χ1v) is 4.82. The molecule has 1 saturated carbocycles. The van der Waals surface area contributed by atoms with E-state index in [0.717, 1.165) is 5.56 Å². The lowest BCUT2D eigenvalue weighted by molar-refractivity contribution is 0.0438. The summed E-state index contributed by atoms with van der Waals surface area (Å²) in [5.41, 5.74) is 6.55. The standard InChI is InChI=1S/C11H15NO2.CH4.ClH/c12-11(6-9(13)10(14)7-11)8-4-2-1-3-5-8;;/h1-5,9-10,13-14H,6-7,12H2;1H4;1H/t9-,10+,11?;;. The Balaban J connectivity index is 0.00000112. The first kappa shape index (κ1) is 15.4. The van der Waals surface area contributed by atoms with Gasteiger partial charge in [0, 0.05) is 5.54 Å². The number of rotatable bonds is 1. The van der Waals surface area contributed by atoms with Gasteiger partial charge in [0.2, 0.25) is 0 Å². The lowest BCUT2D eigenvalue weighted by Crippen LogP contribution is -2.34. The second-order valence-electron chi connectivity index (χ2n) is 4.07. The Kier molecular flexibility index (Phi) is 5.42. The van der Waals surface area contributed by atoms with Crippen LogP contribution in [0.1, 0.15) is 25.8 Å². The van der Waals surface area contributed by atoms with Crippen LogP contribution in [0.4, 0.5) is 0 Å². The van der Waals surface area contributed by atoms with Crippen molar-refractivity contribution < 1.29 is 10.2 Å². The van der Waals surface area contributed by atoms with E-state index in [4.69, 9.17) is 5.73 Å². The molecule has 1 aromatic rings. The van der Waals surface area contributed by atoms with Crippen LogP contribution in [0, 0.1) is 0 Å². The lowest BCUT2D eigenvalue weighted by atomic mass is 9.89. The van der Waals surface area contributed by atoms with Crippen LogP contribution in [0.5, 0.6) is 0 Å². The van der Waals surface area contributed by atoms with Crippen molar-refractivity contribution >= 4 is 12.4 Å². The predicted molar refractivity (Wildman–Crippen MR) is 67.5 cm³/mol. The van der Waals surface area contributed by atoms with Crippen LogP contribution in [0.3, 0.4) is 0 Å². The van der Waals surface area contributed by atoms with Crippen molar-refractivity contribution in [3.63, 3.8) is 0 Å². The zero-order chi connectivity index (χ0) is 10.2. The van der Waals surface area contributed by atoms with Gasteiger partial charge in [-0.3, -0.25) is 0 Å². The highest BCUT2D eigenvalue weighted by atomic mass is 35.5. The zero-order valence-corrected chi connectivity index (χ0v) is 9.15. The van der Waals surface area contributed by atoms with E-state index in [0.29, 0.717) is 12.8 Å². The minimum Gasteiger partial charge on any atom is -0.390 e. The normalized spacial score (nSPS) is 32.7. The molecule has 0 spiro atoms. The van der Waals surface area contributed by atoms with Gasteiger partial charge in [-0.05, 0) is 18.4 Å². The van der Waals surface area contributed by atoms with Crippen molar-refractivity contribution in [2.75, 3.05) is 0 Å². The van der Waals surface area contributed by atoms with Crippen molar-refractivity contribution in [2.45, 2.75) is 38.0 Å². The summed E-state index contributed by atoms with van der Waals surface area (Å²) in [6, 6.07) is 9.63. The maximum Gasteiger partial charge on any atom is 0.0820 e. The maximum absolute atomic E-state index is 9.46. The molecule has 4 heteroatoms. The van der Waals surface area contributed by atoms with Gasteiger partial charge in [0.25, 0.3) is 0 Å². The monoisotopic (exact) mass is 245 g/mol. The number of benzene rings is 1. The van der Waals surface area contributed by atoms with Crippen molar-refractivity contribution in [2.24, 2.45) is 5.73 Å². The number of halogens is 1. The van der Waals surface area contributed by atoms with E-state index < -0.39 is 17.7 Å². The highest BCUT2D eigenvalue weighted by Gasteiger charge is 2.42. The van der Waals surface area contributed by atoms with Crippen molar-refractivity contribution in [3.8, 4) is 0 Å². The Morgan fingerprint density at radius 1 is 1.06 bits per heavy atom. The molecule has 2 rings (SSSR count). The summed E-state index contributed by atoms with van der Waals surface area (Å²) in [5, 5.41) is 18.9. The van der Waals surface area contributed by atoms with Crippen LogP contribution in [0.15, 0.2) is 30.3 Å². The van der Waals surface area contributed by atoms with Crippen LogP contribution >= 0.6 is 12.4 Å². The molecule has 3 atom stereocenters. The minimum absolute atomic E-state index is 0. The summed E-state index contributed by atoms with van der Waals surface area (Å²) >= 11 is 0. The molecular formula is C12H20ClNO2. The Bertz CT molecular complexity index is 308. The van der Waals surface area contributed by atoms with Gasteiger partial charge in [-0.15, -0.1) is 12.4 Å². The van der Waals surface area contributed by atoms with E-state index in [1.807, 2.05) is 30.3 Å². The maximum atomic E-state index is 9.46. The van der Waals surface area contributed by atoms with Crippen LogP contribution < -0.4 is 5.73 Å². The molecule has 1 aliphatic carbocycles. The average molecular weight is 246 g/mol. The Labute approximate surface area is 103 Å². The van der Waals surface area contributed by atoms with Gasteiger partial charge in [-0.25, -0.2) is 0 Å². The predicted octanol–water partition coefficient (Wildman–Crippen LogP) is 1.41. The van der Waals surface area contributed by atoms with Gasteiger partial charge in [-0.1, -0.05) is 37.8 Å². The van der Waals surface area contributed by atoms with Crippen molar-refractivity contribution in [1.82, 2.24) is 0 Å². The van der Waals surface area contributed by atoms with E-state index in [1.54, 1.807) is 0 Å². The molecule has 0 aromatic heterocycles. The summed E-state index contributed by atoms with van der Waals surface area (Å²) in [7, 11) is 0. The zero-order valence-electron chi connectivity index (χ0n) is 8.34. The number of aliphatic hydroxyl groups is 2. The Morgan fingerprint density at radius 2 is 1.50 bits per heavy atom. The fourth-order valence-corrected chi connectivity index (χ4v) is 2.11. The molecule has 0 saturated heterocycles.